The molecule has 10 nitrogen and oxygen atoms in total. The molecule has 0 aliphatic carbocycles. The molecule has 158 valence electrons. The fourth-order valence-corrected chi connectivity index (χ4v) is 4.29. The van der Waals surface area contributed by atoms with Crippen molar-refractivity contribution in [3.8, 4) is 11.4 Å². The Kier molecular flexibility index (Phi) is 6.75. The van der Waals surface area contributed by atoms with Crippen LogP contribution in [-0.4, -0.2) is 58.5 Å². The van der Waals surface area contributed by atoms with E-state index in [1.807, 2.05) is 0 Å². The Morgan fingerprint density at radius 1 is 1.13 bits per heavy atom. The second kappa shape index (κ2) is 9.46. The first-order valence-electron chi connectivity index (χ1n) is 9.30. The van der Waals surface area contributed by atoms with Crippen LogP contribution in [0.1, 0.15) is 13.8 Å². The zero-order chi connectivity index (χ0) is 21.6. The standard InChI is InChI=1S/C19H22N6O4S/c1-3-24(4-2)30(27,28)18-10-5-7-15(11-18)21-19(26)13-29-17-9-6-8-16(12-17)25-14-20-22-23-25/h5-12,14H,3-4,13H2,1-2H3,(H,21,26). The van der Waals surface area contributed by atoms with Crippen LogP contribution < -0.4 is 10.1 Å². The van der Waals surface area contributed by atoms with E-state index in [2.05, 4.69) is 20.8 Å². The molecule has 1 N–H and O–H groups in total. The van der Waals surface area contributed by atoms with Crippen molar-refractivity contribution in [2.24, 2.45) is 0 Å². The summed E-state index contributed by atoms with van der Waals surface area (Å²) in [4.78, 5) is 12.4. The van der Waals surface area contributed by atoms with Gasteiger partial charge >= 0.3 is 0 Å². The van der Waals surface area contributed by atoms with Crippen molar-refractivity contribution in [1.29, 1.82) is 0 Å². The molecule has 0 fully saturated rings. The molecule has 3 rings (SSSR count). The first-order chi connectivity index (χ1) is 14.4. The topological polar surface area (TPSA) is 119 Å². The highest BCUT2D eigenvalue weighted by atomic mass is 32.2. The molecule has 1 amide bonds. The fraction of sp³-hybridized carbons (Fsp3) is 0.263. The number of hydrogen-bond donors (Lipinski definition) is 1. The lowest BCUT2D eigenvalue weighted by Gasteiger charge is -2.18. The Morgan fingerprint density at radius 2 is 1.90 bits per heavy atom. The monoisotopic (exact) mass is 430 g/mol. The van der Waals surface area contributed by atoms with Gasteiger partial charge in [-0.3, -0.25) is 4.79 Å². The number of ether oxygens (including phenoxy) is 1. The molecule has 1 heterocycles. The van der Waals surface area contributed by atoms with Crippen LogP contribution in [0.2, 0.25) is 0 Å². The number of nitrogens with zero attached hydrogens (tertiary/aromatic N) is 5. The van der Waals surface area contributed by atoms with E-state index in [1.165, 1.54) is 27.4 Å². The van der Waals surface area contributed by atoms with Gasteiger partial charge in [-0.15, -0.1) is 5.10 Å². The number of aromatic nitrogens is 4. The average Bonchev–Trinajstić information content (AvgIpc) is 3.28. The molecule has 0 saturated carbocycles. The van der Waals surface area contributed by atoms with Crippen molar-refractivity contribution >= 4 is 21.6 Å². The quantitative estimate of drug-likeness (QED) is 0.549. The predicted octanol–water partition coefficient (Wildman–Crippen LogP) is 1.71. The van der Waals surface area contributed by atoms with Gasteiger partial charge in [-0.1, -0.05) is 26.0 Å². The van der Waals surface area contributed by atoms with Gasteiger partial charge in [0.1, 0.15) is 12.1 Å². The Hall–Kier alpha value is -3.31. The minimum absolute atomic E-state index is 0.124. The highest BCUT2D eigenvalue weighted by Crippen LogP contribution is 2.20. The van der Waals surface area contributed by atoms with Gasteiger partial charge in [0.05, 0.1) is 10.6 Å². The molecule has 0 bridgehead atoms. The van der Waals surface area contributed by atoms with E-state index in [0.717, 1.165) is 0 Å². The van der Waals surface area contributed by atoms with Crippen LogP contribution in [0.3, 0.4) is 0 Å². The third kappa shape index (κ3) is 4.99. The van der Waals surface area contributed by atoms with Crippen molar-refractivity contribution in [3.05, 3.63) is 54.9 Å². The van der Waals surface area contributed by atoms with Crippen LogP contribution in [0.4, 0.5) is 5.69 Å². The largest absolute Gasteiger partial charge is 0.484 e. The van der Waals surface area contributed by atoms with Gasteiger partial charge < -0.3 is 10.1 Å². The van der Waals surface area contributed by atoms with Crippen molar-refractivity contribution < 1.29 is 17.9 Å². The maximum Gasteiger partial charge on any atom is 0.262 e. The number of sulfonamides is 1. The van der Waals surface area contributed by atoms with E-state index < -0.39 is 15.9 Å². The molecule has 1 aromatic heterocycles. The zero-order valence-corrected chi connectivity index (χ0v) is 17.4. The summed E-state index contributed by atoms with van der Waals surface area (Å²) in [5.74, 6) is 0.0521. The number of carbonyl (C=O) groups excluding carboxylic acids is 1. The number of hydrogen-bond acceptors (Lipinski definition) is 7. The van der Waals surface area contributed by atoms with Crippen LogP contribution in [0.25, 0.3) is 5.69 Å². The average molecular weight is 430 g/mol. The number of amides is 1. The third-order valence-corrected chi connectivity index (χ3v) is 6.31. The minimum atomic E-state index is -3.61. The van der Waals surface area contributed by atoms with E-state index >= 15 is 0 Å². The fourth-order valence-electron chi connectivity index (χ4n) is 2.79. The lowest BCUT2D eigenvalue weighted by molar-refractivity contribution is -0.118. The maximum atomic E-state index is 12.6. The molecule has 3 aromatic rings. The van der Waals surface area contributed by atoms with Crippen LogP contribution in [-0.2, 0) is 14.8 Å². The predicted molar refractivity (Wildman–Crippen MR) is 110 cm³/mol. The lowest BCUT2D eigenvalue weighted by Crippen LogP contribution is -2.30. The Bertz CT molecular complexity index is 1100. The van der Waals surface area contributed by atoms with Gasteiger partial charge in [0.15, 0.2) is 6.61 Å². The molecule has 0 atom stereocenters. The van der Waals surface area contributed by atoms with E-state index in [4.69, 9.17) is 4.74 Å². The number of rotatable bonds is 9. The highest BCUT2D eigenvalue weighted by molar-refractivity contribution is 7.89. The molecule has 0 aliphatic heterocycles. The number of nitrogens with one attached hydrogen (secondary N) is 1. The van der Waals surface area contributed by atoms with Crippen molar-refractivity contribution in [2.45, 2.75) is 18.7 Å². The van der Waals surface area contributed by atoms with Crippen LogP contribution in [0.5, 0.6) is 5.75 Å². The summed E-state index contributed by atoms with van der Waals surface area (Å²) in [5.41, 5.74) is 1.06. The number of carbonyl (C=O) groups is 1. The SMILES string of the molecule is CCN(CC)S(=O)(=O)c1cccc(NC(=O)COc2cccc(-n3cnnn3)c2)c1. The molecule has 2 aromatic carbocycles. The summed E-state index contributed by atoms with van der Waals surface area (Å²) >= 11 is 0. The summed E-state index contributed by atoms with van der Waals surface area (Å²) in [7, 11) is -3.61. The van der Waals surface area contributed by atoms with Gasteiger partial charge in [0, 0.05) is 24.8 Å². The molecule has 0 saturated heterocycles. The summed E-state index contributed by atoms with van der Waals surface area (Å²) in [6.07, 6.45) is 1.45. The van der Waals surface area contributed by atoms with Gasteiger partial charge in [-0.05, 0) is 40.8 Å². The molecule has 30 heavy (non-hydrogen) atoms. The van der Waals surface area contributed by atoms with Crippen LogP contribution in [0.15, 0.2) is 59.8 Å². The van der Waals surface area contributed by atoms with Crippen molar-refractivity contribution in [3.63, 3.8) is 0 Å². The van der Waals surface area contributed by atoms with Crippen LogP contribution >= 0.6 is 0 Å². The molecule has 0 radical (unpaired) electrons. The third-order valence-electron chi connectivity index (χ3n) is 4.26. The maximum absolute atomic E-state index is 12.6. The summed E-state index contributed by atoms with van der Waals surface area (Å²) < 4.78 is 33.6. The molecule has 0 unspecified atom stereocenters. The van der Waals surface area contributed by atoms with Crippen molar-refractivity contribution in [1.82, 2.24) is 24.5 Å². The molecular weight excluding hydrogens is 408 g/mol. The number of tetrazole rings is 1. The molecule has 0 spiro atoms. The van der Waals surface area contributed by atoms with E-state index in [0.29, 0.717) is 30.2 Å². The first-order valence-corrected chi connectivity index (χ1v) is 10.7. The van der Waals surface area contributed by atoms with Crippen LogP contribution in [0, 0.1) is 0 Å². The summed E-state index contributed by atoms with van der Waals surface area (Å²) in [6.45, 7) is 4.04. The summed E-state index contributed by atoms with van der Waals surface area (Å²) in [6, 6.07) is 13.1. The molecule has 11 heteroatoms. The summed E-state index contributed by atoms with van der Waals surface area (Å²) in [5, 5.41) is 13.6. The van der Waals surface area contributed by atoms with E-state index in [1.54, 1.807) is 50.2 Å². The molecular formula is C19H22N6O4S. The Morgan fingerprint density at radius 3 is 2.60 bits per heavy atom. The Labute approximate surface area is 174 Å². The van der Waals surface area contributed by atoms with E-state index in [-0.39, 0.29) is 11.5 Å². The smallest absolute Gasteiger partial charge is 0.262 e. The van der Waals surface area contributed by atoms with Gasteiger partial charge in [0.2, 0.25) is 10.0 Å². The van der Waals surface area contributed by atoms with E-state index in [9.17, 15) is 13.2 Å². The van der Waals surface area contributed by atoms with Gasteiger partial charge in [-0.2, -0.15) is 4.31 Å². The minimum Gasteiger partial charge on any atom is -0.484 e. The van der Waals surface area contributed by atoms with Crippen molar-refractivity contribution in [2.75, 3.05) is 25.0 Å². The highest BCUT2D eigenvalue weighted by Gasteiger charge is 2.21. The second-order valence-electron chi connectivity index (χ2n) is 6.21. The lowest BCUT2D eigenvalue weighted by atomic mass is 10.3. The van der Waals surface area contributed by atoms with Gasteiger partial charge in [0.25, 0.3) is 5.91 Å². The zero-order valence-electron chi connectivity index (χ0n) is 16.6. The Balaban J connectivity index is 1.64. The van der Waals surface area contributed by atoms with Gasteiger partial charge in [-0.25, -0.2) is 13.1 Å². The first kappa shape index (κ1) is 21.4. The second-order valence-corrected chi connectivity index (χ2v) is 8.14. The number of benzene rings is 2. The normalized spacial score (nSPS) is 11.4. The number of anilines is 1. The molecule has 0 aliphatic rings.